The average Bonchev–Trinajstić information content (AvgIpc) is 2.67. The maximum absolute atomic E-state index is 14.0. The van der Waals surface area contributed by atoms with E-state index >= 15 is 0 Å². The first-order chi connectivity index (χ1) is 13.0. The van der Waals surface area contributed by atoms with Gasteiger partial charge < -0.3 is 9.47 Å². The van der Waals surface area contributed by atoms with E-state index in [1.54, 1.807) is 44.6 Å². The van der Waals surface area contributed by atoms with Crippen LogP contribution in [-0.2, 0) is 4.79 Å². The van der Waals surface area contributed by atoms with Crippen LogP contribution >= 0.6 is 0 Å². The molecule has 1 saturated heterocycles. The molecular weight excluding hydrogens is 345 g/mol. The molecule has 3 rings (SSSR count). The Labute approximate surface area is 158 Å². The zero-order valence-electron chi connectivity index (χ0n) is 15.7. The number of carbonyl (C=O) groups excluding carboxylic acids is 1. The van der Waals surface area contributed by atoms with E-state index in [1.807, 2.05) is 30.2 Å². The lowest BCUT2D eigenvalue weighted by Gasteiger charge is -2.26. The first-order valence-corrected chi connectivity index (χ1v) is 8.62. The predicted octanol–water partition coefficient (Wildman–Crippen LogP) is 3.82. The van der Waals surface area contributed by atoms with Gasteiger partial charge >= 0.3 is 0 Å². The number of likely N-dealkylation sites (N-methyl/N-ethyl adjacent to an activating group) is 1. The SMILES string of the molecule is COc1ccc(/C=C2\CN(C)C/C(=C\c3ccccc3F)C2=O)cc1OC. The molecule has 2 aromatic rings. The van der Waals surface area contributed by atoms with E-state index in [0.717, 1.165) is 5.56 Å². The van der Waals surface area contributed by atoms with Crippen molar-refractivity contribution in [2.24, 2.45) is 0 Å². The van der Waals surface area contributed by atoms with Gasteiger partial charge in [0.05, 0.1) is 14.2 Å². The summed E-state index contributed by atoms with van der Waals surface area (Å²) in [6.07, 6.45) is 3.48. The van der Waals surface area contributed by atoms with Crippen molar-refractivity contribution in [1.82, 2.24) is 4.90 Å². The molecule has 5 heteroatoms. The number of hydrogen-bond acceptors (Lipinski definition) is 4. The molecule has 0 radical (unpaired) electrons. The molecule has 2 aromatic carbocycles. The van der Waals surface area contributed by atoms with Gasteiger partial charge in [0.25, 0.3) is 0 Å². The Bertz CT molecular complexity index is 918. The van der Waals surface area contributed by atoms with Gasteiger partial charge in [-0.05, 0) is 43.0 Å². The summed E-state index contributed by atoms with van der Waals surface area (Å²) < 4.78 is 24.5. The minimum absolute atomic E-state index is 0.0638. The number of likely N-dealkylation sites (tertiary alicyclic amines) is 1. The molecule has 0 bridgehead atoms. The standard InChI is InChI=1S/C22H22FNO3/c1-24-13-17(10-15-8-9-20(26-2)21(11-15)27-3)22(25)18(14-24)12-16-6-4-5-7-19(16)23/h4-12H,13-14H2,1-3H3/b17-10+,18-12+. The topological polar surface area (TPSA) is 38.8 Å². The smallest absolute Gasteiger partial charge is 0.187 e. The number of ether oxygens (including phenoxy) is 2. The normalized spacial score (nSPS) is 18.1. The molecule has 0 N–H and O–H groups in total. The van der Waals surface area contributed by atoms with Crippen LogP contribution in [0.3, 0.4) is 0 Å². The Morgan fingerprint density at radius 1 is 0.963 bits per heavy atom. The van der Waals surface area contributed by atoms with Crippen molar-refractivity contribution in [3.63, 3.8) is 0 Å². The fourth-order valence-corrected chi connectivity index (χ4v) is 3.13. The van der Waals surface area contributed by atoms with Gasteiger partial charge in [-0.3, -0.25) is 9.69 Å². The summed E-state index contributed by atoms with van der Waals surface area (Å²) in [5.41, 5.74) is 2.48. The molecule has 4 nitrogen and oxygen atoms in total. The minimum Gasteiger partial charge on any atom is -0.493 e. The highest BCUT2D eigenvalue weighted by atomic mass is 19.1. The summed E-state index contributed by atoms with van der Waals surface area (Å²) in [5, 5.41) is 0. The monoisotopic (exact) mass is 367 g/mol. The Morgan fingerprint density at radius 3 is 2.30 bits per heavy atom. The van der Waals surface area contributed by atoms with Crippen LogP contribution < -0.4 is 9.47 Å². The van der Waals surface area contributed by atoms with E-state index in [2.05, 4.69) is 0 Å². The van der Waals surface area contributed by atoms with Gasteiger partial charge in [-0.15, -0.1) is 0 Å². The van der Waals surface area contributed by atoms with Crippen molar-refractivity contribution in [3.8, 4) is 11.5 Å². The van der Waals surface area contributed by atoms with Gasteiger partial charge in [-0.25, -0.2) is 4.39 Å². The van der Waals surface area contributed by atoms with Crippen LogP contribution in [0.4, 0.5) is 4.39 Å². The van der Waals surface area contributed by atoms with Gasteiger partial charge in [-0.2, -0.15) is 0 Å². The quantitative estimate of drug-likeness (QED) is 0.770. The van der Waals surface area contributed by atoms with E-state index in [0.29, 0.717) is 41.3 Å². The summed E-state index contributed by atoms with van der Waals surface area (Å²) in [5.74, 6) is 0.833. The van der Waals surface area contributed by atoms with Crippen molar-refractivity contribution in [2.75, 3.05) is 34.4 Å². The van der Waals surface area contributed by atoms with Gasteiger partial charge in [0.15, 0.2) is 17.3 Å². The van der Waals surface area contributed by atoms with Crippen LogP contribution in [0.25, 0.3) is 12.2 Å². The minimum atomic E-state index is -0.337. The van der Waals surface area contributed by atoms with Crippen LogP contribution in [-0.4, -0.2) is 45.0 Å². The maximum Gasteiger partial charge on any atom is 0.187 e. The lowest BCUT2D eigenvalue weighted by atomic mass is 9.94. The zero-order chi connectivity index (χ0) is 19.4. The molecule has 0 aliphatic carbocycles. The lowest BCUT2D eigenvalue weighted by molar-refractivity contribution is -0.113. The number of benzene rings is 2. The molecule has 0 amide bonds. The molecule has 0 aromatic heterocycles. The Kier molecular flexibility index (Phi) is 5.72. The first-order valence-electron chi connectivity index (χ1n) is 8.62. The summed E-state index contributed by atoms with van der Waals surface area (Å²) >= 11 is 0. The van der Waals surface area contributed by atoms with Crippen LogP contribution in [0.5, 0.6) is 11.5 Å². The highest BCUT2D eigenvalue weighted by Gasteiger charge is 2.24. The second-order valence-corrected chi connectivity index (χ2v) is 6.48. The van der Waals surface area contributed by atoms with Gasteiger partial charge in [0.2, 0.25) is 0 Å². The maximum atomic E-state index is 14.0. The number of carbonyl (C=O) groups is 1. The molecular formula is C22H22FNO3. The molecule has 0 atom stereocenters. The second-order valence-electron chi connectivity index (χ2n) is 6.48. The first kappa shape index (κ1) is 18.9. The summed E-state index contributed by atoms with van der Waals surface area (Å²) in [6, 6.07) is 12.0. The van der Waals surface area contributed by atoms with Gasteiger partial charge in [0.1, 0.15) is 5.82 Å². The van der Waals surface area contributed by atoms with Crippen molar-refractivity contribution < 1.29 is 18.7 Å². The number of Topliss-reactive ketones (excluding diaryl/α,β-unsaturated/α-hetero) is 1. The van der Waals surface area contributed by atoms with Gasteiger partial charge in [0, 0.05) is 29.8 Å². The molecule has 1 fully saturated rings. The Hall–Kier alpha value is -2.92. The number of hydrogen-bond donors (Lipinski definition) is 0. The molecule has 1 aliphatic rings. The summed E-state index contributed by atoms with van der Waals surface area (Å²) in [6.45, 7) is 1.01. The second kappa shape index (κ2) is 8.18. The van der Waals surface area contributed by atoms with Crippen molar-refractivity contribution in [3.05, 3.63) is 70.6 Å². The third-order valence-electron chi connectivity index (χ3n) is 4.45. The third-order valence-corrected chi connectivity index (χ3v) is 4.45. The fourth-order valence-electron chi connectivity index (χ4n) is 3.13. The lowest BCUT2D eigenvalue weighted by Crippen LogP contribution is -2.34. The van der Waals surface area contributed by atoms with E-state index < -0.39 is 0 Å². The van der Waals surface area contributed by atoms with Crippen LogP contribution in [0.1, 0.15) is 11.1 Å². The number of nitrogens with zero attached hydrogens (tertiary/aromatic N) is 1. The van der Waals surface area contributed by atoms with Crippen LogP contribution in [0.2, 0.25) is 0 Å². The molecule has 1 aliphatic heterocycles. The van der Waals surface area contributed by atoms with Crippen LogP contribution in [0.15, 0.2) is 53.6 Å². The van der Waals surface area contributed by atoms with E-state index in [1.165, 1.54) is 6.07 Å². The average molecular weight is 367 g/mol. The van der Waals surface area contributed by atoms with Gasteiger partial charge in [-0.1, -0.05) is 24.3 Å². The van der Waals surface area contributed by atoms with E-state index in [4.69, 9.17) is 9.47 Å². The Morgan fingerprint density at radius 2 is 1.63 bits per heavy atom. The van der Waals surface area contributed by atoms with Crippen molar-refractivity contribution in [2.45, 2.75) is 0 Å². The van der Waals surface area contributed by atoms with Crippen molar-refractivity contribution in [1.29, 1.82) is 0 Å². The number of halogens is 1. The van der Waals surface area contributed by atoms with E-state index in [9.17, 15) is 9.18 Å². The summed E-state index contributed by atoms with van der Waals surface area (Å²) in [4.78, 5) is 15.0. The molecule has 0 saturated carbocycles. The molecule has 0 spiro atoms. The zero-order valence-corrected chi connectivity index (χ0v) is 15.7. The number of rotatable bonds is 4. The Balaban J connectivity index is 1.95. The predicted molar refractivity (Wildman–Crippen MR) is 104 cm³/mol. The summed E-state index contributed by atoms with van der Waals surface area (Å²) in [7, 11) is 5.09. The third kappa shape index (κ3) is 4.26. The molecule has 0 unspecified atom stereocenters. The van der Waals surface area contributed by atoms with E-state index in [-0.39, 0.29) is 11.6 Å². The molecule has 27 heavy (non-hydrogen) atoms. The fraction of sp³-hybridized carbons (Fsp3) is 0.227. The van der Waals surface area contributed by atoms with Crippen LogP contribution in [0, 0.1) is 5.82 Å². The molecule has 140 valence electrons. The highest BCUT2D eigenvalue weighted by Crippen LogP contribution is 2.29. The largest absolute Gasteiger partial charge is 0.493 e. The molecule has 1 heterocycles. The highest BCUT2D eigenvalue weighted by molar-refractivity contribution is 6.14. The number of piperidine rings is 1. The van der Waals surface area contributed by atoms with Crippen molar-refractivity contribution >= 4 is 17.9 Å². The number of methoxy groups -OCH3 is 2. The number of ketones is 1.